The number of phenols is 1. The predicted octanol–water partition coefficient (Wildman–Crippen LogP) is 3.30. The van der Waals surface area contributed by atoms with Crippen LogP contribution < -0.4 is 9.47 Å². The van der Waals surface area contributed by atoms with Crippen molar-refractivity contribution >= 4 is 5.78 Å². The van der Waals surface area contributed by atoms with Gasteiger partial charge in [0.15, 0.2) is 11.5 Å². The Morgan fingerprint density at radius 3 is 2.43 bits per heavy atom. The number of ether oxygens (including phenoxy) is 2. The maximum atomic E-state index is 12.1. The molecule has 0 saturated heterocycles. The summed E-state index contributed by atoms with van der Waals surface area (Å²) >= 11 is 0. The third-order valence-corrected chi connectivity index (χ3v) is 3.87. The van der Waals surface area contributed by atoms with E-state index in [1.807, 2.05) is 30.3 Å². The number of rotatable bonds is 6. The molecule has 0 unspecified atom stereocenters. The maximum absolute atomic E-state index is 12.1. The molecule has 120 valence electrons. The van der Waals surface area contributed by atoms with Crippen LogP contribution in [0.5, 0.6) is 17.2 Å². The van der Waals surface area contributed by atoms with E-state index >= 15 is 0 Å². The Morgan fingerprint density at radius 1 is 0.957 bits per heavy atom. The van der Waals surface area contributed by atoms with Gasteiger partial charge in [-0.05, 0) is 48.2 Å². The summed E-state index contributed by atoms with van der Waals surface area (Å²) in [7, 11) is 0. The van der Waals surface area contributed by atoms with Crippen molar-refractivity contribution in [1.82, 2.24) is 0 Å². The summed E-state index contributed by atoms with van der Waals surface area (Å²) in [4.78, 5) is 12.1. The molecule has 0 radical (unpaired) electrons. The van der Waals surface area contributed by atoms with Crippen molar-refractivity contribution < 1.29 is 19.4 Å². The summed E-state index contributed by atoms with van der Waals surface area (Å²) in [5.74, 6) is 1.97. The van der Waals surface area contributed by atoms with Crippen molar-refractivity contribution in [3.05, 3.63) is 53.6 Å². The molecule has 1 aliphatic rings. The number of benzene rings is 2. The number of hydrogen-bond acceptors (Lipinski definition) is 4. The zero-order valence-corrected chi connectivity index (χ0v) is 13.0. The van der Waals surface area contributed by atoms with Crippen LogP contribution >= 0.6 is 0 Å². The fourth-order valence-corrected chi connectivity index (χ4v) is 2.67. The van der Waals surface area contributed by atoms with E-state index in [4.69, 9.17) is 9.47 Å². The smallest absolute Gasteiger partial charge is 0.161 e. The van der Waals surface area contributed by atoms with E-state index in [1.165, 1.54) is 0 Å². The molecule has 4 heteroatoms. The number of hydrogen-bond donors (Lipinski definition) is 1. The minimum Gasteiger partial charge on any atom is -0.508 e. The first-order valence-electron chi connectivity index (χ1n) is 7.89. The Kier molecular flexibility index (Phi) is 4.81. The van der Waals surface area contributed by atoms with Gasteiger partial charge in [0, 0.05) is 12.8 Å². The van der Waals surface area contributed by atoms with Crippen LogP contribution in [-0.4, -0.2) is 24.1 Å². The van der Waals surface area contributed by atoms with E-state index in [0.29, 0.717) is 26.1 Å². The Labute approximate surface area is 135 Å². The molecule has 0 bridgehead atoms. The van der Waals surface area contributed by atoms with Gasteiger partial charge in [-0.3, -0.25) is 4.79 Å². The summed E-state index contributed by atoms with van der Waals surface area (Å²) in [6, 6.07) is 12.8. The number of aromatic hydroxyl groups is 1. The molecule has 1 aliphatic heterocycles. The van der Waals surface area contributed by atoms with Crippen molar-refractivity contribution in [3.63, 3.8) is 0 Å². The molecule has 1 heterocycles. The van der Waals surface area contributed by atoms with Crippen LogP contribution in [0.25, 0.3) is 0 Å². The highest BCUT2D eigenvalue weighted by Crippen LogP contribution is 2.31. The van der Waals surface area contributed by atoms with E-state index in [-0.39, 0.29) is 11.5 Å². The van der Waals surface area contributed by atoms with Gasteiger partial charge in [-0.2, -0.15) is 0 Å². The maximum Gasteiger partial charge on any atom is 0.161 e. The lowest BCUT2D eigenvalue weighted by Crippen LogP contribution is -2.15. The third-order valence-electron chi connectivity index (χ3n) is 3.87. The summed E-state index contributed by atoms with van der Waals surface area (Å²) in [5.41, 5.74) is 2.10. The molecule has 2 aromatic carbocycles. The highest BCUT2D eigenvalue weighted by atomic mass is 16.6. The molecule has 0 amide bonds. The number of aryl methyl sites for hydroxylation is 1. The van der Waals surface area contributed by atoms with Gasteiger partial charge in [0.1, 0.15) is 24.7 Å². The lowest BCUT2D eigenvalue weighted by Gasteiger charge is -2.18. The number of fused-ring (bicyclic) bond motifs is 1. The summed E-state index contributed by atoms with van der Waals surface area (Å²) in [5, 5.41) is 9.25. The molecule has 0 fully saturated rings. The SMILES string of the molecule is O=C(CCCc1ccc(O)cc1)Cc1ccc2c(c1)OCCO2. The van der Waals surface area contributed by atoms with Crippen molar-refractivity contribution in [1.29, 1.82) is 0 Å². The second-order valence-corrected chi connectivity index (χ2v) is 5.71. The molecule has 0 saturated carbocycles. The quantitative estimate of drug-likeness (QED) is 0.889. The molecule has 1 N–H and O–H groups in total. The number of Topliss-reactive ketones (excluding diaryl/α,β-unsaturated/α-hetero) is 1. The van der Waals surface area contributed by atoms with Crippen LogP contribution in [0.2, 0.25) is 0 Å². The van der Waals surface area contributed by atoms with Crippen LogP contribution in [-0.2, 0) is 17.6 Å². The molecule has 2 aromatic rings. The summed E-state index contributed by atoms with van der Waals surface area (Å²) in [6.45, 7) is 1.12. The van der Waals surface area contributed by atoms with Gasteiger partial charge in [-0.1, -0.05) is 18.2 Å². The first kappa shape index (κ1) is 15.4. The number of carbonyl (C=O) groups excluding carboxylic acids is 1. The van der Waals surface area contributed by atoms with Crippen LogP contribution in [0.1, 0.15) is 24.0 Å². The molecule has 0 atom stereocenters. The van der Waals surface area contributed by atoms with Crippen LogP contribution in [0.4, 0.5) is 0 Å². The fraction of sp³-hybridized carbons (Fsp3) is 0.316. The standard InChI is InChI=1S/C19H20O4/c20-16-7-4-14(5-8-16)2-1-3-17(21)12-15-6-9-18-19(13-15)23-11-10-22-18/h4-9,13,20H,1-3,10-12H2. The first-order valence-corrected chi connectivity index (χ1v) is 7.89. The van der Waals surface area contributed by atoms with E-state index in [2.05, 4.69) is 0 Å². The lowest BCUT2D eigenvalue weighted by molar-refractivity contribution is -0.118. The summed E-state index contributed by atoms with van der Waals surface area (Å²) in [6.07, 6.45) is 2.63. The zero-order valence-electron chi connectivity index (χ0n) is 13.0. The number of ketones is 1. The van der Waals surface area contributed by atoms with E-state index in [9.17, 15) is 9.90 Å². The van der Waals surface area contributed by atoms with Crippen LogP contribution in [0, 0.1) is 0 Å². The van der Waals surface area contributed by atoms with E-state index < -0.39 is 0 Å². The molecular weight excluding hydrogens is 292 g/mol. The van der Waals surface area contributed by atoms with Gasteiger partial charge >= 0.3 is 0 Å². The van der Waals surface area contributed by atoms with Crippen molar-refractivity contribution in [2.75, 3.05) is 13.2 Å². The first-order chi connectivity index (χ1) is 11.2. The van der Waals surface area contributed by atoms with Gasteiger partial charge in [-0.25, -0.2) is 0 Å². The largest absolute Gasteiger partial charge is 0.508 e. The zero-order chi connectivity index (χ0) is 16.1. The summed E-state index contributed by atoms with van der Waals surface area (Å²) < 4.78 is 11.0. The average Bonchev–Trinajstić information content (AvgIpc) is 2.56. The molecule has 4 nitrogen and oxygen atoms in total. The lowest BCUT2D eigenvalue weighted by atomic mass is 10.0. The van der Waals surface area contributed by atoms with Crippen molar-refractivity contribution in [3.8, 4) is 17.2 Å². The van der Waals surface area contributed by atoms with E-state index in [1.54, 1.807) is 12.1 Å². The second kappa shape index (κ2) is 7.18. The highest BCUT2D eigenvalue weighted by molar-refractivity contribution is 5.81. The van der Waals surface area contributed by atoms with Gasteiger partial charge < -0.3 is 14.6 Å². The van der Waals surface area contributed by atoms with Gasteiger partial charge in [-0.15, -0.1) is 0 Å². The molecular formula is C19H20O4. The van der Waals surface area contributed by atoms with Crippen molar-refractivity contribution in [2.45, 2.75) is 25.7 Å². The topological polar surface area (TPSA) is 55.8 Å². The fourth-order valence-electron chi connectivity index (χ4n) is 2.67. The van der Waals surface area contributed by atoms with Crippen LogP contribution in [0.3, 0.4) is 0 Å². The third kappa shape index (κ3) is 4.25. The molecule has 0 aromatic heterocycles. The number of phenolic OH excluding ortho intramolecular Hbond substituents is 1. The van der Waals surface area contributed by atoms with Gasteiger partial charge in [0.2, 0.25) is 0 Å². The average molecular weight is 312 g/mol. The highest BCUT2D eigenvalue weighted by Gasteiger charge is 2.13. The minimum atomic E-state index is 0.223. The monoisotopic (exact) mass is 312 g/mol. The Balaban J connectivity index is 1.48. The van der Waals surface area contributed by atoms with Crippen LogP contribution in [0.15, 0.2) is 42.5 Å². The Hall–Kier alpha value is -2.49. The number of carbonyl (C=O) groups is 1. The van der Waals surface area contributed by atoms with Crippen molar-refractivity contribution in [2.24, 2.45) is 0 Å². The predicted molar refractivity (Wildman–Crippen MR) is 87.2 cm³/mol. The molecule has 23 heavy (non-hydrogen) atoms. The Bertz CT molecular complexity index is 676. The minimum absolute atomic E-state index is 0.223. The van der Waals surface area contributed by atoms with E-state index in [0.717, 1.165) is 35.5 Å². The molecule has 3 rings (SSSR count). The second-order valence-electron chi connectivity index (χ2n) is 5.71. The molecule has 0 spiro atoms. The Morgan fingerprint density at radius 2 is 1.65 bits per heavy atom. The van der Waals surface area contributed by atoms with Gasteiger partial charge in [0.25, 0.3) is 0 Å². The molecule has 0 aliphatic carbocycles. The normalized spacial score (nSPS) is 12.9. The van der Waals surface area contributed by atoms with Gasteiger partial charge in [0.05, 0.1) is 0 Å².